The minimum absolute atomic E-state index is 0.230. The van der Waals surface area contributed by atoms with Crippen LogP contribution in [0.1, 0.15) is 31.1 Å². The van der Waals surface area contributed by atoms with Gasteiger partial charge in [-0.25, -0.2) is 8.42 Å². The van der Waals surface area contributed by atoms with Crippen LogP contribution in [-0.2, 0) is 9.84 Å². The van der Waals surface area contributed by atoms with Crippen LogP contribution in [0.25, 0.3) is 0 Å². The monoisotopic (exact) mass is 582 g/mol. The van der Waals surface area contributed by atoms with Crippen molar-refractivity contribution in [2.75, 3.05) is 6.26 Å². The number of benzene rings is 4. The maximum atomic E-state index is 10.9. The van der Waals surface area contributed by atoms with Crippen molar-refractivity contribution < 1.29 is 13.2 Å². The van der Waals surface area contributed by atoms with E-state index in [4.69, 9.17) is 0 Å². The van der Waals surface area contributed by atoms with Crippen molar-refractivity contribution in [2.24, 2.45) is 0 Å². The summed E-state index contributed by atoms with van der Waals surface area (Å²) in [6.45, 7) is 4.40. The molecule has 0 N–H and O–H groups in total. The van der Waals surface area contributed by atoms with Gasteiger partial charge in [-0.1, -0.05) is 133 Å². The van der Waals surface area contributed by atoms with Crippen LogP contribution in [0.2, 0.25) is 0 Å². The standard InChI is InChI=1S/C20H18BrP.C8H8O3S.C2H6/c1-17(21)22(18-11-5-2-6-12-18,19-13-7-3-8-14-19)20-15-9-4-10-16-20;1-12(10,11)8-4-2-7(6-9)3-5-8;1-2/h2-16H,1H3;2-6H,1H3;1-2H3. The van der Waals surface area contributed by atoms with E-state index in [1.807, 2.05) is 13.8 Å². The fraction of sp³-hybridized carbons (Fsp3) is 0.133. The molecule has 0 bridgehead atoms. The maximum Gasteiger partial charge on any atom is 0.175 e. The summed E-state index contributed by atoms with van der Waals surface area (Å²) < 4.78 is 23.2. The predicted molar refractivity (Wildman–Crippen MR) is 161 cm³/mol. The molecule has 0 fully saturated rings. The summed E-state index contributed by atoms with van der Waals surface area (Å²) in [6, 6.07) is 38.3. The largest absolute Gasteiger partial charge is 0.298 e. The molecule has 0 heterocycles. The van der Waals surface area contributed by atoms with Gasteiger partial charge in [0.2, 0.25) is 0 Å². The van der Waals surface area contributed by atoms with Gasteiger partial charge < -0.3 is 0 Å². The summed E-state index contributed by atoms with van der Waals surface area (Å²) >= 11 is 3.87. The summed E-state index contributed by atoms with van der Waals surface area (Å²) in [4.78, 5) is 10.4. The van der Waals surface area contributed by atoms with Crippen LogP contribution in [0.5, 0.6) is 0 Å². The normalized spacial score (nSPS) is 10.7. The average Bonchev–Trinajstić information content (AvgIpc) is 2.92. The molecule has 36 heavy (non-hydrogen) atoms. The van der Waals surface area contributed by atoms with Gasteiger partial charge in [0.1, 0.15) is 6.29 Å². The van der Waals surface area contributed by atoms with E-state index in [9.17, 15) is 13.2 Å². The fourth-order valence-corrected chi connectivity index (χ4v) is 10.0. The van der Waals surface area contributed by atoms with Gasteiger partial charge in [0.15, 0.2) is 9.84 Å². The van der Waals surface area contributed by atoms with Gasteiger partial charge in [-0.2, -0.15) is 0 Å². The summed E-state index contributed by atoms with van der Waals surface area (Å²) in [5.41, 5.74) is 0.474. The van der Waals surface area contributed by atoms with Crippen molar-refractivity contribution in [3.8, 4) is 0 Å². The Kier molecular flexibility index (Phi) is 11.6. The number of halogens is 1. The summed E-state index contributed by atoms with van der Waals surface area (Å²) in [6.07, 6.45) is 1.80. The molecule has 0 saturated carbocycles. The van der Waals surface area contributed by atoms with Crippen molar-refractivity contribution in [1.29, 1.82) is 0 Å². The molecule has 4 aromatic carbocycles. The molecule has 4 rings (SSSR count). The number of sulfone groups is 1. The number of carbonyl (C=O) groups excluding carboxylic acids is 1. The van der Waals surface area contributed by atoms with E-state index in [1.165, 1.54) is 44.4 Å². The predicted octanol–water partition coefficient (Wildman–Crippen LogP) is 6.45. The minimum atomic E-state index is -3.14. The first-order valence-corrected chi connectivity index (χ1v) is 16.1. The molecule has 0 spiro atoms. The highest BCUT2D eigenvalue weighted by Crippen LogP contribution is 2.47. The summed E-state index contributed by atoms with van der Waals surface area (Å²) in [7, 11) is -3.14. The summed E-state index contributed by atoms with van der Waals surface area (Å²) in [5, 5.41) is 4.13. The van der Waals surface area contributed by atoms with Gasteiger partial charge in [0.05, 0.1) is 4.90 Å². The highest BCUT2D eigenvalue weighted by molar-refractivity contribution is 9.20. The molecule has 0 aliphatic heterocycles. The fourth-order valence-electron chi connectivity index (χ4n) is 3.73. The zero-order valence-electron chi connectivity index (χ0n) is 21.0. The van der Waals surface area contributed by atoms with Gasteiger partial charge in [0.25, 0.3) is 0 Å². The Hall–Kier alpha value is -2.72. The Morgan fingerprint density at radius 1 is 0.667 bits per heavy atom. The lowest BCUT2D eigenvalue weighted by Gasteiger charge is -2.30. The number of aldehydes is 1. The second kappa shape index (κ2) is 14.1. The zero-order chi connectivity index (χ0) is 26.6. The van der Waals surface area contributed by atoms with Crippen molar-refractivity contribution in [3.05, 3.63) is 121 Å². The second-order valence-electron chi connectivity index (χ2n) is 7.63. The van der Waals surface area contributed by atoms with Gasteiger partial charge in [-0.3, -0.25) is 4.79 Å². The van der Waals surface area contributed by atoms with Crippen LogP contribution < -0.4 is 15.9 Å². The minimum Gasteiger partial charge on any atom is -0.298 e. The summed E-state index contributed by atoms with van der Waals surface area (Å²) in [5.74, 6) is 0. The van der Waals surface area contributed by atoms with Gasteiger partial charge in [-0.15, -0.1) is 0 Å². The van der Waals surface area contributed by atoms with E-state index in [1.54, 1.807) is 0 Å². The molecule has 0 radical (unpaired) electrons. The van der Waals surface area contributed by atoms with E-state index in [0.717, 1.165) is 6.26 Å². The molecule has 0 aliphatic carbocycles. The Labute approximate surface area is 224 Å². The van der Waals surface area contributed by atoms with Crippen LogP contribution >= 0.6 is 22.8 Å². The third kappa shape index (κ3) is 7.16. The molecule has 0 aliphatic rings. The average molecular weight is 584 g/mol. The molecule has 0 amide bonds. The molecular weight excluding hydrogens is 551 g/mol. The van der Waals surface area contributed by atoms with Crippen LogP contribution in [-0.4, -0.2) is 25.2 Å². The smallest absolute Gasteiger partial charge is 0.175 e. The lowest BCUT2D eigenvalue weighted by atomic mass is 10.2. The molecule has 0 aromatic heterocycles. The molecule has 188 valence electrons. The first-order valence-electron chi connectivity index (χ1n) is 11.6. The van der Waals surface area contributed by atoms with Crippen LogP contribution in [0.4, 0.5) is 0 Å². The Balaban J connectivity index is 0.000000277. The highest BCUT2D eigenvalue weighted by Gasteiger charge is 2.26. The van der Waals surface area contributed by atoms with E-state index in [2.05, 4.69) is 114 Å². The molecule has 0 saturated heterocycles. The Morgan fingerprint density at radius 3 is 1.25 bits per heavy atom. The molecular formula is C30H32BrO3PS. The number of hydrogen-bond acceptors (Lipinski definition) is 3. The van der Waals surface area contributed by atoms with Crippen LogP contribution in [0, 0.1) is 0 Å². The number of hydrogen-bond donors (Lipinski definition) is 0. The zero-order valence-corrected chi connectivity index (χ0v) is 24.3. The van der Waals surface area contributed by atoms with E-state index >= 15 is 0 Å². The highest BCUT2D eigenvalue weighted by atomic mass is 79.9. The third-order valence-corrected chi connectivity index (χ3v) is 12.2. The second-order valence-corrected chi connectivity index (χ2v) is 15.0. The van der Waals surface area contributed by atoms with E-state index in [0.29, 0.717) is 11.8 Å². The van der Waals surface area contributed by atoms with Crippen molar-refractivity contribution in [3.63, 3.8) is 0 Å². The van der Waals surface area contributed by atoms with Gasteiger partial charge in [0, 0.05) is 16.0 Å². The van der Waals surface area contributed by atoms with Crippen molar-refractivity contribution in [1.82, 2.24) is 0 Å². The first kappa shape index (κ1) is 29.5. The lowest BCUT2D eigenvalue weighted by Crippen LogP contribution is -2.28. The van der Waals surface area contributed by atoms with E-state index in [-0.39, 0.29) is 4.90 Å². The number of carbonyl (C=O) groups is 1. The maximum absolute atomic E-state index is 10.9. The van der Waals surface area contributed by atoms with Crippen LogP contribution in [0.15, 0.2) is 120 Å². The van der Waals surface area contributed by atoms with Crippen molar-refractivity contribution in [2.45, 2.75) is 25.7 Å². The SMILES string of the molecule is CC.CC(Br)=P(c1ccccc1)(c1ccccc1)c1ccccc1.CS(=O)(=O)c1ccc(C=O)cc1. The van der Waals surface area contributed by atoms with Gasteiger partial charge >= 0.3 is 0 Å². The molecule has 0 atom stereocenters. The Morgan fingerprint density at radius 2 is 1.00 bits per heavy atom. The van der Waals surface area contributed by atoms with Crippen molar-refractivity contribution >= 4 is 59.1 Å². The van der Waals surface area contributed by atoms with Crippen LogP contribution in [0.3, 0.4) is 0 Å². The van der Waals surface area contributed by atoms with Gasteiger partial charge in [-0.05, 0) is 41.9 Å². The molecule has 0 unspecified atom stereocenters. The lowest BCUT2D eigenvalue weighted by molar-refractivity contribution is 0.112. The number of rotatable bonds is 5. The molecule has 3 nitrogen and oxygen atoms in total. The van der Waals surface area contributed by atoms with E-state index < -0.39 is 16.7 Å². The quantitative estimate of drug-likeness (QED) is 0.200. The third-order valence-electron chi connectivity index (χ3n) is 5.34. The molecule has 6 heteroatoms. The Bertz CT molecular complexity index is 1280. The topological polar surface area (TPSA) is 51.2 Å². The molecule has 4 aromatic rings. The first-order chi connectivity index (χ1) is 17.3.